The zero-order valence-corrected chi connectivity index (χ0v) is 15.3. The highest BCUT2D eigenvalue weighted by molar-refractivity contribution is 7.20. The minimum absolute atomic E-state index is 0.179. The van der Waals surface area contributed by atoms with Crippen LogP contribution in [0.3, 0.4) is 0 Å². The van der Waals surface area contributed by atoms with Crippen LogP contribution in [0.25, 0.3) is 10.2 Å². The van der Waals surface area contributed by atoms with Gasteiger partial charge in [-0.15, -0.1) is 11.3 Å². The van der Waals surface area contributed by atoms with Crippen molar-refractivity contribution in [2.75, 3.05) is 27.2 Å². The summed E-state index contributed by atoms with van der Waals surface area (Å²) in [6, 6.07) is 0. The van der Waals surface area contributed by atoms with Gasteiger partial charge in [0.25, 0.3) is 5.91 Å². The maximum Gasteiger partial charge on any atom is 0.261 e. The van der Waals surface area contributed by atoms with Crippen molar-refractivity contribution < 1.29 is 9.90 Å². The molecule has 7 heteroatoms. The first kappa shape index (κ1) is 17.8. The van der Waals surface area contributed by atoms with E-state index < -0.39 is 5.60 Å². The highest BCUT2D eigenvalue weighted by atomic mass is 32.1. The van der Waals surface area contributed by atoms with Crippen molar-refractivity contribution in [3.8, 4) is 0 Å². The molecule has 2 heterocycles. The molecule has 1 amide bonds. The lowest BCUT2D eigenvalue weighted by molar-refractivity contribution is 0.0326. The zero-order chi connectivity index (χ0) is 17.4. The number of carbonyl (C=O) groups excluding carboxylic acids is 1. The van der Waals surface area contributed by atoms with Crippen LogP contribution in [-0.4, -0.2) is 58.7 Å². The molecule has 2 aromatic rings. The molecule has 23 heavy (non-hydrogen) atoms. The average Bonchev–Trinajstić information content (AvgIpc) is 2.72. The Morgan fingerprint density at radius 1 is 1.30 bits per heavy atom. The number of thiophene rings is 1. The third-order valence-electron chi connectivity index (χ3n) is 3.58. The molecular weight excluding hydrogens is 312 g/mol. The molecule has 0 radical (unpaired) electrons. The van der Waals surface area contributed by atoms with E-state index in [9.17, 15) is 9.90 Å². The van der Waals surface area contributed by atoms with Gasteiger partial charge in [-0.3, -0.25) is 4.79 Å². The summed E-state index contributed by atoms with van der Waals surface area (Å²) in [5.41, 5.74) is 0.808. The fourth-order valence-corrected chi connectivity index (χ4v) is 3.97. The summed E-state index contributed by atoms with van der Waals surface area (Å²) < 4.78 is 0. The van der Waals surface area contributed by atoms with Gasteiger partial charge in [0.1, 0.15) is 10.7 Å². The van der Waals surface area contributed by atoms with Crippen molar-refractivity contribution in [2.24, 2.45) is 0 Å². The first-order valence-corrected chi connectivity index (χ1v) is 8.32. The summed E-state index contributed by atoms with van der Waals surface area (Å²) in [7, 11) is 3.77. The Morgan fingerprint density at radius 2 is 1.96 bits per heavy atom. The van der Waals surface area contributed by atoms with Gasteiger partial charge >= 0.3 is 0 Å². The number of aryl methyl sites for hydroxylation is 3. The second kappa shape index (κ2) is 6.51. The number of rotatable bonds is 5. The van der Waals surface area contributed by atoms with Crippen LogP contribution in [0.4, 0.5) is 0 Å². The Kier molecular flexibility index (Phi) is 5.03. The molecule has 126 valence electrons. The molecule has 2 N–H and O–H groups in total. The number of nitrogens with one attached hydrogen (secondary N) is 1. The van der Waals surface area contributed by atoms with Crippen molar-refractivity contribution >= 4 is 27.5 Å². The van der Waals surface area contributed by atoms with Crippen LogP contribution >= 0.6 is 11.3 Å². The van der Waals surface area contributed by atoms with E-state index in [0.717, 1.165) is 21.5 Å². The predicted octanol–water partition coefficient (Wildman–Crippen LogP) is 1.66. The third kappa shape index (κ3) is 4.04. The maximum absolute atomic E-state index is 12.5. The molecule has 2 aromatic heterocycles. The Hall–Kier alpha value is -1.57. The minimum Gasteiger partial charge on any atom is -0.387 e. The summed E-state index contributed by atoms with van der Waals surface area (Å²) in [6.07, 6.45) is 0. The van der Waals surface area contributed by atoms with Gasteiger partial charge in [-0.1, -0.05) is 0 Å². The quantitative estimate of drug-likeness (QED) is 0.868. The summed E-state index contributed by atoms with van der Waals surface area (Å²) >= 11 is 1.37. The normalized spacial score (nSPS) is 14.3. The van der Waals surface area contributed by atoms with Crippen molar-refractivity contribution in [3.05, 3.63) is 22.0 Å². The standard InChI is InChI=1S/C16H24N4O2S/c1-9-12-10(2)18-11(3)19-15(12)23-13(9)14(21)17-7-16(4,22)8-20(5)6/h22H,7-8H2,1-6H3,(H,17,21). The maximum atomic E-state index is 12.5. The molecule has 0 aliphatic carbocycles. The van der Waals surface area contributed by atoms with Crippen LogP contribution in [0.1, 0.15) is 33.7 Å². The Bertz CT molecular complexity index is 737. The summed E-state index contributed by atoms with van der Waals surface area (Å²) in [4.78, 5) is 24.6. The fourth-order valence-electron chi connectivity index (χ4n) is 2.78. The van der Waals surface area contributed by atoms with Gasteiger partial charge < -0.3 is 15.3 Å². The highest BCUT2D eigenvalue weighted by Gasteiger charge is 2.24. The second-order valence-corrected chi connectivity index (χ2v) is 7.51. The van der Waals surface area contributed by atoms with Gasteiger partial charge in [0.2, 0.25) is 0 Å². The molecule has 0 saturated carbocycles. The molecule has 0 fully saturated rings. The molecular formula is C16H24N4O2S. The van der Waals surface area contributed by atoms with E-state index in [0.29, 0.717) is 17.2 Å². The van der Waals surface area contributed by atoms with E-state index in [1.54, 1.807) is 6.92 Å². The second-order valence-electron chi connectivity index (χ2n) is 6.51. The monoisotopic (exact) mass is 336 g/mol. The molecule has 0 spiro atoms. The van der Waals surface area contributed by atoms with Crippen LogP contribution in [-0.2, 0) is 0 Å². The van der Waals surface area contributed by atoms with Crippen LogP contribution in [0.2, 0.25) is 0 Å². The summed E-state index contributed by atoms with van der Waals surface area (Å²) in [5, 5.41) is 14.1. The number of likely N-dealkylation sites (N-methyl/N-ethyl adjacent to an activating group) is 1. The Balaban J connectivity index is 2.22. The van der Waals surface area contributed by atoms with E-state index in [1.165, 1.54) is 11.3 Å². The van der Waals surface area contributed by atoms with E-state index in [4.69, 9.17) is 0 Å². The van der Waals surface area contributed by atoms with Gasteiger partial charge in [0.05, 0.1) is 10.5 Å². The molecule has 0 aliphatic rings. The van der Waals surface area contributed by atoms with Crippen molar-refractivity contribution in [1.29, 1.82) is 0 Å². The molecule has 1 unspecified atom stereocenters. The average molecular weight is 336 g/mol. The van der Waals surface area contributed by atoms with E-state index >= 15 is 0 Å². The molecule has 0 saturated heterocycles. The molecule has 1 atom stereocenters. The van der Waals surface area contributed by atoms with Crippen LogP contribution in [0.5, 0.6) is 0 Å². The molecule has 6 nitrogen and oxygen atoms in total. The van der Waals surface area contributed by atoms with Gasteiger partial charge in [0, 0.05) is 24.2 Å². The van der Waals surface area contributed by atoms with Gasteiger partial charge in [0.15, 0.2) is 0 Å². The lowest BCUT2D eigenvalue weighted by Gasteiger charge is -2.27. The summed E-state index contributed by atoms with van der Waals surface area (Å²) in [5.74, 6) is 0.527. The van der Waals surface area contributed by atoms with Gasteiger partial charge in [-0.25, -0.2) is 9.97 Å². The summed E-state index contributed by atoms with van der Waals surface area (Å²) in [6.45, 7) is 8.07. The number of hydrogen-bond acceptors (Lipinski definition) is 6. The Labute approximate surface area is 140 Å². The number of aromatic nitrogens is 2. The van der Waals surface area contributed by atoms with E-state index in [1.807, 2.05) is 39.8 Å². The lowest BCUT2D eigenvalue weighted by Crippen LogP contribution is -2.47. The predicted molar refractivity (Wildman–Crippen MR) is 93.1 cm³/mol. The Morgan fingerprint density at radius 3 is 2.57 bits per heavy atom. The number of aliphatic hydroxyl groups is 1. The smallest absolute Gasteiger partial charge is 0.261 e. The van der Waals surface area contributed by atoms with Gasteiger partial charge in [-0.2, -0.15) is 0 Å². The number of fused-ring (bicyclic) bond motifs is 1. The van der Waals surface area contributed by atoms with Crippen molar-refractivity contribution in [1.82, 2.24) is 20.2 Å². The topological polar surface area (TPSA) is 78.3 Å². The number of hydrogen-bond donors (Lipinski definition) is 2. The zero-order valence-electron chi connectivity index (χ0n) is 14.5. The third-order valence-corrected chi connectivity index (χ3v) is 4.76. The van der Waals surface area contributed by atoms with Crippen LogP contribution in [0, 0.1) is 20.8 Å². The fraction of sp³-hybridized carbons (Fsp3) is 0.562. The largest absolute Gasteiger partial charge is 0.387 e. The van der Waals surface area contributed by atoms with Crippen molar-refractivity contribution in [3.63, 3.8) is 0 Å². The van der Waals surface area contributed by atoms with E-state index in [2.05, 4.69) is 15.3 Å². The number of carbonyl (C=O) groups is 1. The van der Waals surface area contributed by atoms with Crippen LogP contribution in [0.15, 0.2) is 0 Å². The SMILES string of the molecule is Cc1nc(C)c2c(C)c(C(=O)NCC(C)(O)CN(C)C)sc2n1. The number of amides is 1. The molecule has 0 aliphatic heterocycles. The first-order valence-electron chi connectivity index (χ1n) is 7.50. The molecule has 2 rings (SSSR count). The molecule has 0 bridgehead atoms. The number of nitrogens with zero attached hydrogens (tertiary/aromatic N) is 3. The molecule has 0 aromatic carbocycles. The van der Waals surface area contributed by atoms with Crippen LogP contribution < -0.4 is 5.32 Å². The van der Waals surface area contributed by atoms with Crippen molar-refractivity contribution in [2.45, 2.75) is 33.3 Å². The highest BCUT2D eigenvalue weighted by Crippen LogP contribution is 2.31. The van der Waals surface area contributed by atoms with Gasteiger partial charge in [-0.05, 0) is 47.4 Å². The minimum atomic E-state index is -0.976. The van der Waals surface area contributed by atoms with E-state index in [-0.39, 0.29) is 12.5 Å². The lowest BCUT2D eigenvalue weighted by atomic mass is 10.1. The first-order chi connectivity index (χ1) is 10.6.